The van der Waals surface area contributed by atoms with Gasteiger partial charge < -0.3 is 15.4 Å². The third kappa shape index (κ3) is 5.22. The van der Waals surface area contributed by atoms with Crippen LogP contribution in [0.3, 0.4) is 0 Å². The van der Waals surface area contributed by atoms with Crippen LogP contribution in [0, 0.1) is 13.8 Å². The number of amides is 1. The van der Waals surface area contributed by atoms with Crippen LogP contribution in [0.1, 0.15) is 22.7 Å². The van der Waals surface area contributed by atoms with Crippen molar-refractivity contribution in [3.8, 4) is 5.75 Å². The second kappa shape index (κ2) is 9.74. The Labute approximate surface area is 167 Å². The van der Waals surface area contributed by atoms with E-state index in [1.54, 1.807) is 7.11 Å². The first-order chi connectivity index (χ1) is 12.6. The predicted octanol–water partition coefficient (Wildman–Crippen LogP) is 3.32. The van der Waals surface area contributed by atoms with E-state index in [0.717, 1.165) is 36.6 Å². The molecule has 1 unspecified atom stereocenters. The van der Waals surface area contributed by atoms with Crippen molar-refractivity contribution in [1.29, 1.82) is 0 Å². The van der Waals surface area contributed by atoms with E-state index in [1.165, 1.54) is 11.1 Å². The fourth-order valence-corrected chi connectivity index (χ4v) is 3.39. The third-order valence-corrected chi connectivity index (χ3v) is 4.99. The molecule has 6 heteroatoms. The minimum atomic E-state index is 0. The Hall–Kier alpha value is -2.08. The molecule has 5 nitrogen and oxygen atoms in total. The number of anilines is 1. The van der Waals surface area contributed by atoms with Crippen LogP contribution in [0.5, 0.6) is 5.75 Å². The second-order valence-electron chi connectivity index (χ2n) is 6.78. The van der Waals surface area contributed by atoms with Crippen LogP contribution in [0.4, 0.5) is 5.69 Å². The highest BCUT2D eigenvalue weighted by Gasteiger charge is 2.27. The van der Waals surface area contributed by atoms with Crippen molar-refractivity contribution < 1.29 is 9.53 Å². The maximum absolute atomic E-state index is 12.6. The summed E-state index contributed by atoms with van der Waals surface area (Å²) in [6.07, 6.45) is 0. The van der Waals surface area contributed by atoms with Gasteiger partial charge in [-0.05, 0) is 43.2 Å². The van der Waals surface area contributed by atoms with Gasteiger partial charge in [-0.15, -0.1) is 12.4 Å². The maximum Gasteiger partial charge on any atom is 0.238 e. The van der Waals surface area contributed by atoms with E-state index in [1.807, 2.05) is 36.4 Å². The fourth-order valence-electron chi connectivity index (χ4n) is 3.39. The van der Waals surface area contributed by atoms with Gasteiger partial charge in [-0.3, -0.25) is 9.69 Å². The summed E-state index contributed by atoms with van der Waals surface area (Å²) in [6, 6.07) is 14.1. The molecule has 0 spiro atoms. The highest BCUT2D eigenvalue weighted by molar-refractivity contribution is 5.92. The molecule has 1 heterocycles. The molecule has 0 saturated carbocycles. The minimum absolute atomic E-state index is 0. The molecule has 0 radical (unpaired) electrons. The van der Waals surface area contributed by atoms with Gasteiger partial charge in [0.05, 0.1) is 19.7 Å². The molecule has 0 aromatic heterocycles. The Morgan fingerprint density at radius 1 is 1.22 bits per heavy atom. The van der Waals surface area contributed by atoms with E-state index >= 15 is 0 Å². The van der Waals surface area contributed by atoms with Crippen molar-refractivity contribution in [1.82, 2.24) is 10.2 Å². The largest absolute Gasteiger partial charge is 0.496 e. The van der Waals surface area contributed by atoms with Crippen molar-refractivity contribution in [2.24, 2.45) is 0 Å². The predicted molar refractivity (Wildman–Crippen MR) is 112 cm³/mol. The number of benzene rings is 2. The van der Waals surface area contributed by atoms with Gasteiger partial charge >= 0.3 is 0 Å². The van der Waals surface area contributed by atoms with E-state index in [-0.39, 0.29) is 24.4 Å². The van der Waals surface area contributed by atoms with Crippen LogP contribution >= 0.6 is 12.4 Å². The molecule has 2 N–H and O–H groups in total. The summed E-state index contributed by atoms with van der Waals surface area (Å²) in [5.41, 5.74) is 4.36. The lowest BCUT2D eigenvalue weighted by molar-refractivity contribution is -0.118. The number of carbonyl (C=O) groups is 1. The van der Waals surface area contributed by atoms with Crippen molar-refractivity contribution in [2.75, 3.05) is 38.6 Å². The van der Waals surface area contributed by atoms with Crippen molar-refractivity contribution >= 4 is 24.0 Å². The molecular weight excluding hydrogens is 362 g/mol. The second-order valence-corrected chi connectivity index (χ2v) is 6.78. The number of methoxy groups -OCH3 is 1. The lowest BCUT2D eigenvalue weighted by atomic mass is 10.0. The molecule has 1 fully saturated rings. The van der Waals surface area contributed by atoms with Crippen molar-refractivity contribution in [3.63, 3.8) is 0 Å². The molecule has 1 atom stereocenters. The van der Waals surface area contributed by atoms with Gasteiger partial charge in [-0.2, -0.15) is 0 Å². The summed E-state index contributed by atoms with van der Waals surface area (Å²) in [5.74, 6) is 0.871. The van der Waals surface area contributed by atoms with Crippen LogP contribution in [-0.4, -0.2) is 44.1 Å². The summed E-state index contributed by atoms with van der Waals surface area (Å²) < 4.78 is 5.52. The first-order valence-corrected chi connectivity index (χ1v) is 9.03. The van der Waals surface area contributed by atoms with Crippen LogP contribution in [0.15, 0.2) is 42.5 Å². The molecule has 3 rings (SSSR count). The quantitative estimate of drug-likeness (QED) is 0.823. The Morgan fingerprint density at radius 2 is 2.00 bits per heavy atom. The first kappa shape index (κ1) is 21.2. The number of para-hydroxylation sites is 1. The van der Waals surface area contributed by atoms with E-state index in [9.17, 15) is 4.79 Å². The smallest absolute Gasteiger partial charge is 0.238 e. The van der Waals surface area contributed by atoms with Gasteiger partial charge in [0.2, 0.25) is 5.91 Å². The van der Waals surface area contributed by atoms with Gasteiger partial charge in [0, 0.05) is 30.9 Å². The number of nitrogens with one attached hydrogen (secondary N) is 2. The molecule has 0 bridgehead atoms. The monoisotopic (exact) mass is 389 g/mol. The molecule has 0 aliphatic carbocycles. The number of nitrogens with zero attached hydrogens (tertiary/aromatic N) is 1. The normalized spacial score (nSPS) is 17.1. The number of aryl methyl sites for hydroxylation is 2. The number of piperazine rings is 1. The number of rotatable bonds is 5. The average Bonchev–Trinajstić information content (AvgIpc) is 2.65. The van der Waals surface area contributed by atoms with Crippen LogP contribution in [0.2, 0.25) is 0 Å². The van der Waals surface area contributed by atoms with E-state index in [4.69, 9.17) is 4.74 Å². The Bertz CT molecular complexity index is 782. The molecule has 27 heavy (non-hydrogen) atoms. The standard InChI is InChI=1S/C21H27N3O2.ClH/c1-15-8-9-17(12-16(15)2)23-21(25)14-24-11-10-22-13-19(24)18-6-4-5-7-20(18)26-3;/h4-9,12,19,22H,10-11,13-14H2,1-3H3,(H,23,25);1H. The zero-order valence-corrected chi connectivity index (χ0v) is 16.9. The summed E-state index contributed by atoms with van der Waals surface area (Å²) >= 11 is 0. The van der Waals surface area contributed by atoms with Crippen LogP contribution in [-0.2, 0) is 4.79 Å². The Morgan fingerprint density at radius 3 is 2.74 bits per heavy atom. The third-order valence-electron chi connectivity index (χ3n) is 4.99. The molecule has 1 aliphatic rings. The van der Waals surface area contributed by atoms with Crippen LogP contribution in [0.25, 0.3) is 0 Å². The highest BCUT2D eigenvalue weighted by atomic mass is 35.5. The number of halogens is 1. The number of ether oxygens (including phenoxy) is 1. The summed E-state index contributed by atoms with van der Waals surface area (Å²) in [5, 5.41) is 6.45. The number of hydrogen-bond donors (Lipinski definition) is 2. The molecule has 1 aliphatic heterocycles. The first-order valence-electron chi connectivity index (χ1n) is 9.03. The summed E-state index contributed by atoms with van der Waals surface area (Å²) in [7, 11) is 1.69. The van der Waals surface area contributed by atoms with Gasteiger partial charge in [-0.25, -0.2) is 0 Å². The number of carbonyl (C=O) groups excluding carboxylic acids is 1. The van der Waals surface area contributed by atoms with E-state index in [0.29, 0.717) is 6.54 Å². The maximum atomic E-state index is 12.6. The van der Waals surface area contributed by atoms with E-state index < -0.39 is 0 Å². The Balaban J connectivity index is 0.00000261. The molecule has 146 valence electrons. The minimum Gasteiger partial charge on any atom is -0.496 e. The zero-order valence-electron chi connectivity index (χ0n) is 16.1. The molecular formula is C21H28ClN3O2. The topological polar surface area (TPSA) is 53.6 Å². The molecule has 1 amide bonds. The zero-order chi connectivity index (χ0) is 18.5. The van der Waals surface area contributed by atoms with Gasteiger partial charge in [0.1, 0.15) is 5.75 Å². The number of hydrogen-bond acceptors (Lipinski definition) is 4. The lowest BCUT2D eigenvalue weighted by Crippen LogP contribution is -2.48. The van der Waals surface area contributed by atoms with Crippen molar-refractivity contribution in [3.05, 3.63) is 59.2 Å². The fraction of sp³-hybridized carbons (Fsp3) is 0.381. The summed E-state index contributed by atoms with van der Waals surface area (Å²) in [4.78, 5) is 14.8. The van der Waals surface area contributed by atoms with Gasteiger partial charge in [-0.1, -0.05) is 24.3 Å². The highest BCUT2D eigenvalue weighted by Crippen LogP contribution is 2.30. The molecule has 2 aromatic carbocycles. The summed E-state index contributed by atoms with van der Waals surface area (Å²) in [6.45, 7) is 6.98. The molecule has 1 saturated heterocycles. The molecule has 2 aromatic rings. The van der Waals surface area contributed by atoms with Crippen molar-refractivity contribution in [2.45, 2.75) is 19.9 Å². The lowest BCUT2D eigenvalue weighted by Gasteiger charge is -2.36. The SMILES string of the molecule is COc1ccccc1C1CNCCN1CC(=O)Nc1ccc(C)c(C)c1.Cl. The van der Waals surface area contributed by atoms with Crippen LogP contribution < -0.4 is 15.4 Å². The van der Waals surface area contributed by atoms with E-state index in [2.05, 4.69) is 35.4 Å². The Kier molecular flexibility index (Phi) is 7.66. The van der Waals surface area contributed by atoms with Gasteiger partial charge in [0.25, 0.3) is 0 Å². The van der Waals surface area contributed by atoms with Gasteiger partial charge in [0.15, 0.2) is 0 Å². The average molecular weight is 390 g/mol.